The van der Waals surface area contributed by atoms with Crippen molar-refractivity contribution >= 4 is 28.9 Å². The molecule has 1 saturated heterocycles. The van der Waals surface area contributed by atoms with Crippen LogP contribution in [0.2, 0.25) is 0 Å². The Kier molecular flexibility index (Phi) is 10.1. The Bertz CT molecular complexity index is 1470. The van der Waals surface area contributed by atoms with E-state index < -0.39 is 17.6 Å². The van der Waals surface area contributed by atoms with E-state index in [4.69, 9.17) is 4.74 Å². The summed E-state index contributed by atoms with van der Waals surface area (Å²) in [4.78, 5) is 29.9. The number of nitrogens with zero attached hydrogens (tertiary/aromatic N) is 2. The maximum atomic E-state index is 16.0. The van der Waals surface area contributed by atoms with Gasteiger partial charge in [0.05, 0.1) is 36.6 Å². The molecule has 1 aliphatic heterocycles. The third-order valence-electron chi connectivity index (χ3n) is 8.43. The van der Waals surface area contributed by atoms with Crippen molar-refractivity contribution in [3.8, 4) is 11.1 Å². The van der Waals surface area contributed by atoms with Gasteiger partial charge in [-0.15, -0.1) is 0 Å². The van der Waals surface area contributed by atoms with E-state index in [0.717, 1.165) is 74.6 Å². The van der Waals surface area contributed by atoms with Crippen molar-refractivity contribution in [2.45, 2.75) is 58.4 Å². The zero-order valence-electron chi connectivity index (χ0n) is 25.5. The molecule has 5 rings (SSSR count). The standard InChI is InChI=1S/C35H41F2N3O4/c1-23(2)22-40(27-6-4-3-5-7-27)33-21-31(37)30(29-19-25(36)10-13-28(29)35(42)43)20-32(33)38-34(41)18-24-8-11-26(12-9-24)39-14-16-44-17-15-39/h8-13,19-21,23,27H,3-7,14-18,22H2,1-2H3,(H,38,41)(H,42,43). The highest BCUT2D eigenvalue weighted by Gasteiger charge is 2.27. The van der Waals surface area contributed by atoms with Crippen LogP contribution in [-0.4, -0.2) is 55.9 Å². The lowest BCUT2D eigenvalue weighted by molar-refractivity contribution is -0.115. The fourth-order valence-electron chi connectivity index (χ4n) is 6.29. The van der Waals surface area contributed by atoms with E-state index in [9.17, 15) is 19.1 Å². The number of carbonyl (C=O) groups excluding carboxylic acids is 1. The summed E-state index contributed by atoms with van der Waals surface area (Å²) in [6.07, 6.45) is 5.34. The number of hydrogen-bond donors (Lipinski definition) is 2. The van der Waals surface area contributed by atoms with Crippen LogP contribution in [0.25, 0.3) is 11.1 Å². The number of ether oxygens (including phenoxy) is 1. The summed E-state index contributed by atoms with van der Waals surface area (Å²) in [5.41, 5.74) is 2.45. The molecule has 1 saturated carbocycles. The van der Waals surface area contributed by atoms with Crippen molar-refractivity contribution < 1.29 is 28.2 Å². The molecule has 1 heterocycles. The number of hydrogen-bond acceptors (Lipinski definition) is 5. The quantitative estimate of drug-likeness (QED) is 0.256. The number of anilines is 3. The maximum Gasteiger partial charge on any atom is 0.336 e. The van der Waals surface area contributed by atoms with E-state index in [0.29, 0.717) is 31.1 Å². The van der Waals surface area contributed by atoms with Crippen LogP contribution in [0.4, 0.5) is 25.8 Å². The first-order valence-corrected chi connectivity index (χ1v) is 15.5. The normalized spacial score (nSPS) is 15.8. The molecule has 0 atom stereocenters. The minimum Gasteiger partial charge on any atom is -0.478 e. The van der Waals surface area contributed by atoms with E-state index in [-0.39, 0.29) is 41.0 Å². The number of benzene rings is 3. The summed E-state index contributed by atoms with van der Waals surface area (Å²) in [6, 6.07) is 14.1. The summed E-state index contributed by atoms with van der Waals surface area (Å²) in [5, 5.41) is 12.8. The second-order valence-electron chi connectivity index (χ2n) is 12.2. The first kappa shape index (κ1) is 31.4. The number of nitrogens with one attached hydrogen (secondary N) is 1. The summed E-state index contributed by atoms with van der Waals surface area (Å²) in [7, 11) is 0. The van der Waals surface area contributed by atoms with E-state index in [2.05, 4.69) is 29.0 Å². The van der Waals surface area contributed by atoms with Crippen LogP contribution in [-0.2, 0) is 16.0 Å². The number of rotatable bonds is 10. The molecular weight excluding hydrogens is 564 g/mol. The second-order valence-corrected chi connectivity index (χ2v) is 12.2. The van der Waals surface area contributed by atoms with Crippen molar-refractivity contribution in [1.29, 1.82) is 0 Å². The fraction of sp³-hybridized carbons (Fsp3) is 0.429. The number of aromatic carboxylic acids is 1. The van der Waals surface area contributed by atoms with Crippen LogP contribution in [0.3, 0.4) is 0 Å². The molecule has 1 aliphatic carbocycles. The molecule has 0 bridgehead atoms. The largest absolute Gasteiger partial charge is 0.478 e. The molecule has 0 unspecified atom stereocenters. The Labute approximate surface area is 257 Å². The average molecular weight is 606 g/mol. The summed E-state index contributed by atoms with van der Waals surface area (Å²) in [6.45, 7) is 7.87. The van der Waals surface area contributed by atoms with Crippen LogP contribution < -0.4 is 15.1 Å². The lowest BCUT2D eigenvalue weighted by Crippen LogP contribution is -2.40. The van der Waals surface area contributed by atoms with Gasteiger partial charge >= 0.3 is 5.97 Å². The van der Waals surface area contributed by atoms with Gasteiger partial charge in [0.2, 0.25) is 5.91 Å². The van der Waals surface area contributed by atoms with Crippen molar-refractivity contribution in [3.63, 3.8) is 0 Å². The zero-order valence-corrected chi connectivity index (χ0v) is 25.5. The van der Waals surface area contributed by atoms with E-state index in [1.54, 1.807) is 0 Å². The van der Waals surface area contributed by atoms with Gasteiger partial charge in [-0.1, -0.05) is 45.2 Å². The van der Waals surface area contributed by atoms with Gasteiger partial charge in [0.25, 0.3) is 0 Å². The maximum absolute atomic E-state index is 16.0. The van der Waals surface area contributed by atoms with Crippen molar-refractivity contribution in [1.82, 2.24) is 0 Å². The molecule has 2 fully saturated rings. The first-order chi connectivity index (χ1) is 21.2. The Balaban J connectivity index is 1.50. The number of carboxylic acids is 1. The van der Waals surface area contributed by atoms with Crippen LogP contribution in [0.1, 0.15) is 61.9 Å². The van der Waals surface area contributed by atoms with Gasteiger partial charge in [-0.3, -0.25) is 4.79 Å². The van der Waals surface area contributed by atoms with Crippen LogP contribution in [0.15, 0.2) is 54.6 Å². The topological polar surface area (TPSA) is 82.1 Å². The smallest absolute Gasteiger partial charge is 0.336 e. The molecule has 0 spiro atoms. The molecule has 44 heavy (non-hydrogen) atoms. The molecule has 9 heteroatoms. The molecular formula is C35H41F2N3O4. The zero-order chi connectivity index (χ0) is 31.2. The van der Waals surface area contributed by atoms with E-state index in [1.807, 2.05) is 24.3 Å². The SMILES string of the molecule is CC(C)CN(c1cc(F)c(-c2cc(F)ccc2C(=O)O)cc1NC(=O)Cc1ccc(N2CCOCC2)cc1)C1CCCCC1. The molecule has 3 aromatic carbocycles. The highest BCUT2D eigenvalue weighted by Crippen LogP contribution is 2.39. The first-order valence-electron chi connectivity index (χ1n) is 15.5. The minimum atomic E-state index is -1.29. The fourth-order valence-corrected chi connectivity index (χ4v) is 6.29. The number of carboxylic acid groups (broad SMARTS) is 1. The average Bonchev–Trinajstić information content (AvgIpc) is 3.01. The molecule has 234 valence electrons. The predicted octanol–water partition coefficient (Wildman–Crippen LogP) is 7.14. The third kappa shape index (κ3) is 7.56. The molecule has 7 nitrogen and oxygen atoms in total. The van der Waals surface area contributed by atoms with E-state index in [1.165, 1.54) is 12.1 Å². The summed E-state index contributed by atoms with van der Waals surface area (Å²) in [5.74, 6) is -2.65. The van der Waals surface area contributed by atoms with Crippen molar-refractivity contribution in [3.05, 3.63) is 77.4 Å². The Morgan fingerprint density at radius 3 is 2.34 bits per heavy atom. The van der Waals surface area contributed by atoms with Gasteiger partial charge in [-0.05, 0) is 66.8 Å². The van der Waals surface area contributed by atoms with E-state index >= 15 is 4.39 Å². The monoisotopic (exact) mass is 605 g/mol. The van der Waals surface area contributed by atoms with Gasteiger partial charge < -0.3 is 25.0 Å². The van der Waals surface area contributed by atoms with Crippen LogP contribution in [0.5, 0.6) is 0 Å². The molecule has 3 aromatic rings. The van der Waals surface area contributed by atoms with Crippen LogP contribution in [0, 0.1) is 17.6 Å². The summed E-state index contributed by atoms with van der Waals surface area (Å²) < 4.78 is 35.7. The second kappa shape index (κ2) is 14.2. The molecule has 0 radical (unpaired) electrons. The number of amides is 1. The number of halogens is 2. The lowest BCUT2D eigenvalue weighted by Gasteiger charge is -2.38. The van der Waals surface area contributed by atoms with Gasteiger partial charge in [0.15, 0.2) is 0 Å². The number of morpholine rings is 1. The van der Waals surface area contributed by atoms with Crippen molar-refractivity contribution in [2.24, 2.45) is 5.92 Å². The highest BCUT2D eigenvalue weighted by atomic mass is 19.1. The lowest BCUT2D eigenvalue weighted by atomic mass is 9.92. The Morgan fingerprint density at radius 1 is 0.977 bits per heavy atom. The number of carbonyl (C=O) groups is 2. The van der Waals surface area contributed by atoms with Gasteiger partial charge in [0.1, 0.15) is 11.6 Å². The molecule has 0 aromatic heterocycles. The molecule has 2 aliphatic rings. The van der Waals surface area contributed by atoms with Gasteiger partial charge in [0, 0.05) is 42.5 Å². The highest BCUT2D eigenvalue weighted by molar-refractivity contribution is 5.99. The Hall–Kier alpha value is -3.98. The van der Waals surface area contributed by atoms with Crippen molar-refractivity contribution in [2.75, 3.05) is 48.0 Å². The summed E-state index contributed by atoms with van der Waals surface area (Å²) >= 11 is 0. The predicted molar refractivity (Wildman–Crippen MR) is 170 cm³/mol. The molecule has 2 N–H and O–H groups in total. The Morgan fingerprint density at radius 2 is 1.68 bits per heavy atom. The van der Waals surface area contributed by atoms with Crippen LogP contribution >= 0.6 is 0 Å². The van der Waals surface area contributed by atoms with Gasteiger partial charge in [-0.2, -0.15) is 0 Å². The van der Waals surface area contributed by atoms with Gasteiger partial charge in [-0.25, -0.2) is 13.6 Å². The third-order valence-corrected chi connectivity index (χ3v) is 8.43. The minimum absolute atomic E-state index is 0.0797. The molecule has 1 amide bonds.